The van der Waals surface area contributed by atoms with E-state index in [1.54, 1.807) is 52.8 Å². The zero-order valence-electron chi connectivity index (χ0n) is 14.1. The van der Waals surface area contributed by atoms with Gasteiger partial charge in [0.25, 0.3) is 0 Å². The van der Waals surface area contributed by atoms with Gasteiger partial charge in [0.05, 0.1) is 17.1 Å². The van der Waals surface area contributed by atoms with Gasteiger partial charge in [0, 0.05) is 29.3 Å². The second kappa shape index (κ2) is 8.38. The van der Waals surface area contributed by atoms with E-state index < -0.39 is 5.97 Å². The van der Waals surface area contributed by atoms with Crippen molar-refractivity contribution in [1.82, 2.24) is 9.38 Å². The van der Waals surface area contributed by atoms with Crippen LogP contribution in [0.2, 0.25) is 5.02 Å². The molecular weight excluding hydrogens is 372 g/mol. The maximum absolute atomic E-state index is 12.1. The highest BCUT2D eigenvalue weighted by atomic mass is 35.5. The van der Waals surface area contributed by atoms with Crippen molar-refractivity contribution in [2.45, 2.75) is 24.3 Å². The van der Waals surface area contributed by atoms with E-state index >= 15 is 0 Å². The lowest BCUT2D eigenvalue weighted by Gasteiger charge is -2.04. The van der Waals surface area contributed by atoms with Gasteiger partial charge in [-0.3, -0.25) is 9.59 Å². The third-order valence-corrected chi connectivity index (χ3v) is 4.78. The number of nitrogens with zero attached hydrogens (tertiary/aromatic N) is 2. The number of ether oxygens (including phenoxy) is 1. The standard InChI is InChI=1S/C19H17ClN2O3S/c1-26-16-5-2-13(3-6-16)17(23)7-9-19(24)25-12-15-11-22-10-14(20)4-8-18(22)21-15/h2-6,8,10-11H,7,9,12H2,1H3. The van der Waals surface area contributed by atoms with E-state index in [1.165, 1.54) is 0 Å². The Bertz CT molecular complexity index is 938. The summed E-state index contributed by atoms with van der Waals surface area (Å²) in [5, 5.41) is 0.600. The minimum Gasteiger partial charge on any atom is -0.459 e. The van der Waals surface area contributed by atoms with Crippen LogP contribution in [-0.2, 0) is 16.1 Å². The Morgan fingerprint density at radius 2 is 1.88 bits per heavy atom. The molecule has 134 valence electrons. The lowest BCUT2D eigenvalue weighted by molar-refractivity contribution is -0.145. The fourth-order valence-electron chi connectivity index (χ4n) is 2.45. The van der Waals surface area contributed by atoms with Gasteiger partial charge in [-0.1, -0.05) is 23.7 Å². The van der Waals surface area contributed by atoms with Gasteiger partial charge in [-0.15, -0.1) is 11.8 Å². The minimum absolute atomic E-state index is 0.0440. The number of imidazole rings is 1. The molecular formula is C19H17ClN2O3S. The normalized spacial score (nSPS) is 10.8. The molecule has 0 saturated heterocycles. The lowest BCUT2D eigenvalue weighted by atomic mass is 10.1. The van der Waals surface area contributed by atoms with Gasteiger partial charge in [0.1, 0.15) is 12.3 Å². The molecule has 0 aliphatic carbocycles. The van der Waals surface area contributed by atoms with E-state index in [1.807, 2.05) is 18.4 Å². The first-order valence-electron chi connectivity index (χ1n) is 8.01. The summed E-state index contributed by atoms with van der Waals surface area (Å²) in [6.45, 7) is 0.0642. The fraction of sp³-hybridized carbons (Fsp3) is 0.211. The van der Waals surface area contributed by atoms with E-state index in [9.17, 15) is 9.59 Å². The van der Waals surface area contributed by atoms with E-state index in [4.69, 9.17) is 16.3 Å². The number of halogens is 1. The second-order valence-corrected chi connectivity index (χ2v) is 6.97. The molecule has 26 heavy (non-hydrogen) atoms. The highest BCUT2D eigenvalue weighted by molar-refractivity contribution is 7.98. The van der Waals surface area contributed by atoms with Gasteiger partial charge in [0.2, 0.25) is 0 Å². The highest BCUT2D eigenvalue weighted by Crippen LogP contribution is 2.16. The number of ketones is 1. The lowest BCUT2D eigenvalue weighted by Crippen LogP contribution is -2.08. The molecule has 3 aromatic rings. The van der Waals surface area contributed by atoms with Crippen molar-refractivity contribution in [3.8, 4) is 0 Å². The average Bonchev–Trinajstić information content (AvgIpc) is 3.06. The van der Waals surface area contributed by atoms with Gasteiger partial charge in [0.15, 0.2) is 5.78 Å². The maximum Gasteiger partial charge on any atom is 0.306 e. The molecule has 0 aliphatic rings. The van der Waals surface area contributed by atoms with Gasteiger partial charge in [-0.2, -0.15) is 0 Å². The summed E-state index contributed by atoms with van der Waals surface area (Å²) in [6.07, 6.45) is 5.63. The number of esters is 1. The van der Waals surface area contributed by atoms with Crippen LogP contribution in [0.25, 0.3) is 5.65 Å². The molecule has 2 aromatic heterocycles. The Kier molecular flexibility index (Phi) is 5.96. The Morgan fingerprint density at radius 1 is 1.12 bits per heavy atom. The van der Waals surface area contributed by atoms with Gasteiger partial charge < -0.3 is 9.14 Å². The third kappa shape index (κ3) is 4.65. The van der Waals surface area contributed by atoms with E-state index in [0.717, 1.165) is 10.5 Å². The third-order valence-electron chi connectivity index (χ3n) is 3.81. The predicted octanol–water partition coefficient (Wildman–Crippen LogP) is 4.42. The molecule has 5 nitrogen and oxygen atoms in total. The number of Topliss-reactive ketones (excluding diaryl/α,β-unsaturated/α-hetero) is 1. The van der Waals surface area contributed by atoms with E-state index in [2.05, 4.69) is 4.98 Å². The molecule has 0 bridgehead atoms. The molecule has 0 aliphatic heterocycles. The van der Waals surface area contributed by atoms with E-state index in [0.29, 0.717) is 16.3 Å². The van der Waals surface area contributed by atoms with Crippen LogP contribution < -0.4 is 0 Å². The Labute approximate surface area is 160 Å². The monoisotopic (exact) mass is 388 g/mol. The topological polar surface area (TPSA) is 60.7 Å². The van der Waals surface area contributed by atoms with Crippen molar-refractivity contribution in [3.05, 3.63) is 65.1 Å². The zero-order valence-corrected chi connectivity index (χ0v) is 15.7. The SMILES string of the molecule is CSc1ccc(C(=O)CCC(=O)OCc2cn3cc(Cl)ccc3n2)cc1. The van der Waals surface area contributed by atoms with Crippen molar-refractivity contribution in [2.75, 3.05) is 6.26 Å². The van der Waals surface area contributed by atoms with Crippen LogP contribution in [0, 0.1) is 0 Å². The molecule has 0 spiro atoms. The average molecular weight is 389 g/mol. The van der Waals surface area contributed by atoms with Crippen LogP contribution in [-0.4, -0.2) is 27.4 Å². The Hall–Kier alpha value is -2.31. The van der Waals surface area contributed by atoms with Crippen molar-refractivity contribution in [2.24, 2.45) is 0 Å². The number of pyridine rings is 1. The number of fused-ring (bicyclic) bond motifs is 1. The quantitative estimate of drug-likeness (QED) is 0.340. The predicted molar refractivity (Wildman–Crippen MR) is 102 cm³/mol. The van der Waals surface area contributed by atoms with Crippen LogP contribution in [0.3, 0.4) is 0 Å². The summed E-state index contributed by atoms with van der Waals surface area (Å²) >= 11 is 7.54. The van der Waals surface area contributed by atoms with Crippen LogP contribution in [0.5, 0.6) is 0 Å². The molecule has 3 rings (SSSR count). The smallest absolute Gasteiger partial charge is 0.306 e. The van der Waals surface area contributed by atoms with Crippen LogP contribution in [0.1, 0.15) is 28.9 Å². The number of carbonyl (C=O) groups excluding carboxylic acids is 2. The molecule has 1 aromatic carbocycles. The zero-order chi connectivity index (χ0) is 18.5. The number of aromatic nitrogens is 2. The number of benzene rings is 1. The highest BCUT2D eigenvalue weighted by Gasteiger charge is 2.11. The second-order valence-electron chi connectivity index (χ2n) is 5.66. The van der Waals surface area contributed by atoms with E-state index in [-0.39, 0.29) is 25.2 Å². The number of rotatable bonds is 7. The summed E-state index contributed by atoms with van der Waals surface area (Å²) in [6, 6.07) is 10.9. The number of hydrogen-bond acceptors (Lipinski definition) is 5. The van der Waals surface area contributed by atoms with Crippen LogP contribution in [0.4, 0.5) is 0 Å². The molecule has 0 radical (unpaired) electrons. The van der Waals surface area contributed by atoms with Crippen molar-refractivity contribution in [1.29, 1.82) is 0 Å². The van der Waals surface area contributed by atoms with Crippen molar-refractivity contribution in [3.63, 3.8) is 0 Å². The van der Waals surface area contributed by atoms with Gasteiger partial charge in [-0.05, 0) is 30.5 Å². The first kappa shape index (κ1) is 18.5. The molecule has 0 unspecified atom stereocenters. The molecule has 2 heterocycles. The Balaban J connectivity index is 1.49. The summed E-state index contributed by atoms with van der Waals surface area (Å²) < 4.78 is 6.98. The first-order chi connectivity index (χ1) is 12.5. The summed E-state index contributed by atoms with van der Waals surface area (Å²) in [4.78, 5) is 29.5. The van der Waals surface area contributed by atoms with Crippen molar-refractivity contribution >= 4 is 40.8 Å². The van der Waals surface area contributed by atoms with Crippen LogP contribution >= 0.6 is 23.4 Å². The first-order valence-corrected chi connectivity index (χ1v) is 9.61. The summed E-state index contributed by atoms with van der Waals surface area (Å²) in [5.41, 5.74) is 1.96. The van der Waals surface area contributed by atoms with Gasteiger partial charge in [-0.25, -0.2) is 4.98 Å². The van der Waals surface area contributed by atoms with Gasteiger partial charge >= 0.3 is 5.97 Å². The minimum atomic E-state index is -0.422. The number of thioether (sulfide) groups is 1. The summed E-state index contributed by atoms with van der Waals surface area (Å²) in [5.74, 6) is -0.494. The molecule has 7 heteroatoms. The number of hydrogen-bond donors (Lipinski definition) is 0. The molecule has 0 amide bonds. The summed E-state index contributed by atoms with van der Waals surface area (Å²) in [7, 11) is 0. The number of carbonyl (C=O) groups is 2. The van der Waals surface area contributed by atoms with Crippen molar-refractivity contribution < 1.29 is 14.3 Å². The van der Waals surface area contributed by atoms with Crippen LogP contribution in [0.15, 0.2) is 53.7 Å². The Morgan fingerprint density at radius 3 is 2.62 bits per heavy atom. The largest absolute Gasteiger partial charge is 0.459 e. The molecule has 0 N–H and O–H groups in total. The fourth-order valence-corrected chi connectivity index (χ4v) is 3.03. The molecule has 0 fully saturated rings. The maximum atomic E-state index is 12.1. The molecule has 0 saturated carbocycles. The molecule has 0 atom stereocenters.